The van der Waals surface area contributed by atoms with Gasteiger partial charge < -0.3 is 10.4 Å². The fourth-order valence-corrected chi connectivity index (χ4v) is 3.31. The molecule has 1 fully saturated rings. The third-order valence-electron chi connectivity index (χ3n) is 4.03. The Bertz CT molecular complexity index is 394. The van der Waals surface area contributed by atoms with Crippen LogP contribution in [0.1, 0.15) is 44.6 Å². The van der Waals surface area contributed by atoms with Gasteiger partial charge in [-0.1, -0.05) is 42.1 Å². The smallest absolute Gasteiger partial charge is 0.120 e. The van der Waals surface area contributed by atoms with Crippen LogP contribution in [-0.4, -0.2) is 11.1 Å². The first-order valence-corrected chi connectivity index (χ1v) is 7.70. The van der Waals surface area contributed by atoms with E-state index in [1.165, 1.54) is 32.1 Å². The molecular weight excluding hydrogens is 290 g/mol. The molecule has 18 heavy (non-hydrogen) atoms. The van der Waals surface area contributed by atoms with Crippen molar-refractivity contribution in [3.63, 3.8) is 0 Å². The lowest BCUT2D eigenvalue weighted by Crippen LogP contribution is -2.37. The van der Waals surface area contributed by atoms with Crippen LogP contribution in [0.5, 0.6) is 5.75 Å². The van der Waals surface area contributed by atoms with E-state index in [9.17, 15) is 5.11 Å². The van der Waals surface area contributed by atoms with Crippen LogP contribution in [0.3, 0.4) is 0 Å². The molecule has 100 valence electrons. The van der Waals surface area contributed by atoms with E-state index in [1.54, 1.807) is 6.07 Å². The third kappa shape index (κ3) is 3.48. The van der Waals surface area contributed by atoms with Crippen LogP contribution in [0.4, 0.5) is 0 Å². The molecule has 0 radical (unpaired) electrons. The van der Waals surface area contributed by atoms with Gasteiger partial charge >= 0.3 is 0 Å². The van der Waals surface area contributed by atoms with Gasteiger partial charge in [-0.05, 0) is 37.0 Å². The lowest BCUT2D eigenvalue weighted by molar-refractivity contribution is 0.253. The van der Waals surface area contributed by atoms with E-state index in [2.05, 4.69) is 28.2 Å². The summed E-state index contributed by atoms with van der Waals surface area (Å²) in [5.74, 6) is 1.18. The van der Waals surface area contributed by atoms with Crippen LogP contribution in [-0.2, 0) is 6.54 Å². The molecule has 1 aliphatic carbocycles. The number of benzene rings is 1. The summed E-state index contributed by atoms with van der Waals surface area (Å²) in [5, 5.41) is 13.5. The van der Waals surface area contributed by atoms with Gasteiger partial charge in [-0.2, -0.15) is 0 Å². The summed E-state index contributed by atoms with van der Waals surface area (Å²) < 4.78 is 1.02. The van der Waals surface area contributed by atoms with Crippen LogP contribution in [0.2, 0.25) is 0 Å². The van der Waals surface area contributed by atoms with Gasteiger partial charge in [-0.15, -0.1) is 0 Å². The number of phenols is 1. The molecule has 1 saturated carbocycles. The molecule has 2 rings (SSSR count). The molecule has 2 unspecified atom stereocenters. The zero-order chi connectivity index (χ0) is 13.0. The van der Waals surface area contributed by atoms with Crippen LogP contribution in [0, 0.1) is 5.92 Å². The lowest BCUT2D eigenvalue weighted by Gasteiger charge is -2.31. The average molecular weight is 312 g/mol. The van der Waals surface area contributed by atoms with Crippen LogP contribution < -0.4 is 5.32 Å². The van der Waals surface area contributed by atoms with Crippen molar-refractivity contribution in [1.82, 2.24) is 5.32 Å². The predicted molar refractivity (Wildman–Crippen MR) is 78.7 cm³/mol. The fourth-order valence-electron chi connectivity index (χ4n) is 2.90. The summed E-state index contributed by atoms with van der Waals surface area (Å²) >= 11 is 3.45. The second kappa shape index (κ2) is 6.58. The molecule has 0 saturated heterocycles. The van der Waals surface area contributed by atoms with Gasteiger partial charge in [0.05, 0.1) is 0 Å². The molecule has 2 atom stereocenters. The molecule has 0 aromatic heterocycles. The number of halogens is 1. The minimum Gasteiger partial charge on any atom is -0.508 e. The fraction of sp³-hybridized carbons (Fsp3) is 0.600. The Balaban J connectivity index is 1.95. The van der Waals surface area contributed by atoms with Gasteiger partial charge in [0.1, 0.15) is 5.75 Å². The van der Waals surface area contributed by atoms with Crippen molar-refractivity contribution in [2.45, 2.75) is 51.6 Å². The predicted octanol–water partition coefficient (Wildman–Crippen LogP) is 4.21. The van der Waals surface area contributed by atoms with Gasteiger partial charge in [0.2, 0.25) is 0 Å². The Morgan fingerprint density at radius 2 is 2.11 bits per heavy atom. The molecule has 1 aromatic rings. The summed E-state index contributed by atoms with van der Waals surface area (Å²) in [6.07, 6.45) is 6.57. The van der Waals surface area contributed by atoms with Gasteiger partial charge in [0.15, 0.2) is 0 Å². The quantitative estimate of drug-likeness (QED) is 0.873. The first-order valence-electron chi connectivity index (χ1n) is 6.91. The number of hydrogen-bond acceptors (Lipinski definition) is 2. The maximum Gasteiger partial charge on any atom is 0.120 e. The molecule has 1 aliphatic rings. The first-order chi connectivity index (χ1) is 8.70. The Morgan fingerprint density at radius 1 is 1.33 bits per heavy atom. The van der Waals surface area contributed by atoms with Gasteiger partial charge in [0, 0.05) is 22.6 Å². The van der Waals surface area contributed by atoms with E-state index < -0.39 is 0 Å². The topological polar surface area (TPSA) is 32.3 Å². The standard InChI is InChI=1S/C15H22BrNO/c1-2-11-5-3-4-6-14(11)17-10-12-9-13(16)7-8-15(12)18/h7-9,11,14,17-18H,2-6,10H2,1H3. The molecule has 2 nitrogen and oxygen atoms in total. The summed E-state index contributed by atoms with van der Waals surface area (Å²) in [6.45, 7) is 3.04. The molecule has 0 heterocycles. The van der Waals surface area contributed by atoms with E-state index in [4.69, 9.17) is 0 Å². The van der Waals surface area contributed by atoms with Crippen molar-refractivity contribution in [2.75, 3.05) is 0 Å². The van der Waals surface area contributed by atoms with Crippen LogP contribution >= 0.6 is 15.9 Å². The first kappa shape index (κ1) is 13.9. The van der Waals surface area contributed by atoms with Crippen LogP contribution in [0.15, 0.2) is 22.7 Å². The summed E-state index contributed by atoms with van der Waals surface area (Å²) in [7, 11) is 0. The number of nitrogens with one attached hydrogen (secondary N) is 1. The Morgan fingerprint density at radius 3 is 2.89 bits per heavy atom. The Hall–Kier alpha value is -0.540. The molecule has 0 spiro atoms. The average Bonchev–Trinajstić information content (AvgIpc) is 2.40. The van der Waals surface area contributed by atoms with Gasteiger partial charge in [0.25, 0.3) is 0 Å². The van der Waals surface area contributed by atoms with E-state index in [-0.39, 0.29) is 0 Å². The van der Waals surface area contributed by atoms with Gasteiger partial charge in [-0.25, -0.2) is 0 Å². The normalized spacial score (nSPS) is 24.1. The summed E-state index contributed by atoms with van der Waals surface area (Å²) in [4.78, 5) is 0. The molecule has 0 bridgehead atoms. The van der Waals surface area contributed by atoms with Crippen molar-refractivity contribution >= 4 is 15.9 Å². The SMILES string of the molecule is CCC1CCCCC1NCc1cc(Br)ccc1O. The second-order valence-corrected chi connectivity index (χ2v) is 6.13. The Labute approximate surface area is 118 Å². The molecule has 3 heteroatoms. The van der Waals surface area contributed by atoms with Crippen molar-refractivity contribution in [3.05, 3.63) is 28.2 Å². The highest BCUT2D eigenvalue weighted by atomic mass is 79.9. The summed E-state index contributed by atoms with van der Waals surface area (Å²) in [5.41, 5.74) is 0.977. The van der Waals surface area contributed by atoms with E-state index in [0.717, 1.165) is 22.5 Å². The largest absolute Gasteiger partial charge is 0.508 e. The minimum atomic E-state index is 0.384. The minimum absolute atomic E-state index is 0.384. The highest BCUT2D eigenvalue weighted by molar-refractivity contribution is 9.10. The van der Waals surface area contributed by atoms with Gasteiger partial charge in [-0.3, -0.25) is 0 Å². The van der Waals surface area contributed by atoms with Crippen molar-refractivity contribution in [2.24, 2.45) is 5.92 Å². The lowest BCUT2D eigenvalue weighted by atomic mass is 9.83. The molecule has 0 amide bonds. The van der Waals surface area contributed by atoms with E-state index in [0.29, 0.717) is 11.8 Å². The zero-order valence-corrected chi connectivity index (χ0v) is 12.5. The highest BCUT2D eigenvalue weighted by Crippen LogP contribution is 2.28. The second-order valence-electron chi connectivity index (χ2n) is 5.21. The van der Waals surface area contributed by atoms with Crippen LogP contribution in [0.25, 0.3) is 0 Å². The number of phenolic OH excluding ortho intramolecular Hbond substituents is 1. The van der Waals surface area contributed by atoms with E-state index >= 15 is 0 Å². The van der Waals surface area contributed by atoms with E-state index in [1.807, 2.05) is 12.1 Å². The zero-order valence-electron chi connectivity index (χ0n) is 11.0. The summed E-state index contributed by atoms with van der Waals surface area (Å²) in [6, 6.07) is 6.22. The monoisotopic (exact) mass is 311 g/mol. The number of rotatable bonds is 4. The van der Waals surface area contributed by atoms with Crippen molar-refractivity contribution in [3.8, 4) is 5.75 Å². The molecule has 2 N–H and O–H groups in total. The Kier molecular flexibility index (Phi) is 5.07. The number of aromatic hydroxyl groups is 1. The number of hydrogen-bond donors (Lipinski definition) is 2. The van der Waals surface area contributed by atoms with Crippen molar-refractivity contribution in [1.29, 1.82) is 0 Å². The maximum atomic E-state index is 9.83. The highest BCUT2D eigenvalue weighted by Gasteiger charge is 2.23. The van der Waals surface area contributed by atoms with Crippen molar-refractivity contribution < 1.29 is 5.11 Å². The molecule has 0 aliphatic heterocycles. The molecule has 1 aromatic carbocycles. The maximum absolute atomic E-state index is 9.83. The third-order valence-corrected chi connectivity index (χ3v) is 4.52. The molecular formula is C15H22BrNO.